The zero-order chi connectivity index (χ0) is 14.4. The summed E-state index contributed by atoms with van der Waals surface area (Å²) < 4.78 is 5.66. The molecule has 5 heteroatoms. The lowest BCUT2D eigenvalue weighted by Crippen LogP contribution is -2.05. The molecule has 1 N–H and O–H groups in total. The van der Waals surface area contributed by atoms with Crippen LogP contribution in [0.1, 0.15) is 19.0 Å². The Kier molecular flexibility index (Phi) is 5.50. The summed E-state index contributed by atoms with van der Waals surface area (Å²) in [7, 11) is 0. The molecule has 2 rings (SSSR count). The summed E-state index contributed by atoms with van der Waals surface area (Å²) in [5, 5.41) is 4.15. The fraction of sp³-hybridized carbons (Fsp3) is 0.267. The Morgan fingerprint density at radius 1 is 1.15 bits per heavy atom. The molecule has 0 aliphatic rings. The number of hydrogen-bond donors (Lipinski definition) is 1. The molecule has 0 unspecified atom stereocenters. The first-order valence-electron chi connectivity index (χ1n) is 6.47. The van der Waals surface area contributed by atoms with Gasteiger partial charge >= 0.3 is 0 Å². The van der Waals surface area contributed by atoms with E-state index in [9.17, 15) is 0 Å². The first-order chi connectivity index (χ1) is 9.70. The van der Waals surface area contributed by atoms with Crippen LogP contribution in [0.3, 0.4) is 0 Å². The molecule has 20 heavy (non-hydrogen) atoms. The summed E-state index contributed by atoms with van der Waals surface area (Å²) in [6.07, 6.45) is 1.06. The van der Waals surface area contributed by atoms with Crippen LogP contribution in [0.15, 0.2) is 36.4 Å². The van der Waals surface area contributed by atoms with E-state index in [1.54, 1.807) is 18.2 Å². The topological polar surface area (TPSA) is 34.1 Å². The van der Waals surface area contributed by atoms with Crippen molar-refractivity contribution in [1.29, 1.82) is 0 Å². The molecule has 0 aliphatic carbocycles. The number of aromatic nitrogens is 1. The third kappa shape index (κ3) is 4.02. The normalized spacial score (nSPS) is 10.3. The Balaban J connectivity index is 2.01. The standard InChI is InChI=1S/C15H16Cl2N2O/c1-2-9-18-14-8-3-5-11(19-14)10-20-13-7-4-6-12(16)15(13)17/h3-8H,2,9-10H2,1H3,(H,18,19). The van der Waals surface area contributed by atoms with E-state index >= 15 is 0 Å². The van der Waals surface area contributed by atoms with Crippen molar-refractivity contribution < 1.29 is 4.74 Å². The highest BCUT2D eigenvalue weighted by atomic mass is 35.5. The predicted molar refractivity (Wildman–Crippen MR) is 83.8 cm³/mol. The zero-order valence-electron chi connectivity index (χ0n) is 11.2. The van der Waals surface area contributed by atoms with E-state index in [-0.39, 0.29) is 0 Å². The van der Waals surface area contributed by atoms with E-state index in [0.29, 0.717) is 22.4 Å². The molecule has 0 saturated carbocycles. The van der Waals surface area contributed by atoms with Gasteiger partial charge < -0.3 is 10.1 Å². The Bertz CT molecular complexity index is 576. The number of hydrogen-bond acceptors (Lipinski definition) is 3. The van der Waals surface area contributed by atoms with Crippen molar-refractivity contribution in [2.24, 2.45) is 0 Å². The molecular weight excluding hydrogens is 295 g/mol. The molecule has 3 nitrogen and oxygen atoms in total. The van der Waals surface area contributed by atoms with Crippen molar-refractivity contribution in [2.45, 2.75) is 20.0 Å². The number of rotatable bonds is 6. The first-order valence-corrected chi connectivity index (χ1v) is 7.23. The maximum absolute atomic E-state index is 6.07. The van der Waals surface area contributed by atoms with Gasteiger partial charge in [0.2, 0.25) is 0 Å². The molecule has 106 valence electrons. The molecule has 0 atom stereocenters. The van der Waals surface area contributed by atoms with E-state index in [0.717, 1.165) is 24.5 Å². The van der Waals surface area contributed by atoms with Crippen LogP contribution in [0.4, 0.5) is 5.82 Å². The third-order valence-corrected chi connectivity index (χ3v) is 3.46. The van der Waals surface area contributed by atoms with Crippen molar-refractivity contribution >= 4 is 29.0 Å². The molecule has 0 aliphatic heterocycles. The largest absolute Gasteiger partial charge is 0.486 e. The maximum Gasteiger partial charge on any atom is 0.140 e. The summed E-state index contributed by atoms with van der Waals surface area (Å²) in [5.41, 5.74) is 0.835. The van der Waals surface area contributed by atoms with Gasteiger partial charge in [-0.05, 0) is 30.7 Å². The lowest BCUT2D eigenvalue weighted by molar-refractivity contribution is 0.301. The van der Waals surface area contributed by atoms with Gasteiger partial charge in [0.1, 0.15) is 23.2 Å². The van der Waals surface area contributed by atoms with Crippen molar-refractivity contribution in [3.63, 3.8) is 0 Å². The number of nitrogens with zero attached hydrogens (tertiary/aromatic N) is 1. The molecule has 0 saturated heterocycles. The number of pyridine rings is 1. The molecule has 1 aromatic heterocycles. The molecular formula is C15H16Cl2N2O. The van der Waals surface area contributed by atoms with E-state index < -0.39 is 0 Å². The van der Waals surface area contributed by atoms with Gasteiger partial charge in [-0.25, -0.2) is 4.98 Å². The van der Waals surface area contributed by atoms with E-state index in [1.165, 1.54) is 0 Å². The van der Waals surface area contributed by atoms with E-state index in [2.05, 4.69) is 17.2 Å². The maximum atomic E-state index is 6.07. The van der Waals surface area contributed by atoms with Crippen LogP contribution in [0.5, 0.6) is 5.75 Å². The average Bonchev–Trinajstić information content (AvgIpc) is 2.47. The van der Waals surface area contributed by atoms with Gasteiger partial charge in [0, 0.05) is 6.54 Å². The number of anilines is 1. The van der Waals surface area contributed by atoms with Gasteiger partial charge in [0.05, 0.1) is 10.7 Å². The van der Waals surface area contributed by atoms with Gasteiger partial charge in [-0.15, -0.1) is 0 Å². The molecule has 0 fully saturated rings. The van der Waals surface area contributed by atoms with Crippen LogP contribution in [0.25, 0.3) is 0 Å². The van der Waals surface area contributed by atoms with Gasteiger partial charge in [-0.1, -0.05) is 42.3 Å². The molecule has 1 heterocycles. The van der Waals surface area contributed by atoms with Crippen LogP contribution >= 0.6 is 23.2 Å². The second kappa shape index (κ2) is 7.36. The summed E-state index contributed by atoms with van der Waals surface area (Å²) in [5.74, 6) is 1.41. The summed E-state index contributed by atoms with van der Waals surface area (Å²) in [4.78, 5) is 4.47. The predicted octanol–water partition coefficient (Wildman–Crippen LogP) is 4.79. The molecule has 1 aromatic carbocycles. The molecule has 0 spiro atoms. The fourth-order valence-electron chi connectivity index (χ4n) is 1.66. The minimum atomic E-state index is 0.349. The van der Waals surface area contributed by atoms with Crippen molar-refractivity contribution in [1.82, 2.24) is 4.98 Å². The number of halogens is 2. The summed E-state index contributed by atoms with van der Waals surface area (Å²) in [6, 6.07) is 11.1. The highest BCUT2D eigenvalue weighted by molar-refractivity contribution is 6.42. The quantitative estimate of drug-likeness (QED) is 0.833. The number of benzene rings is 1. The average molecular weight is 311 g/mol. The number of nitrogens with one attached hydrogen (secondary N) is 1. The second-order valence-electron chi connectivity index (χ2n) is 4.28. The SMILES string of the molecule is CCCNc1cccc(COc2cccc(Cl)c2Cl)n1. The van der Waals surface area contributed by atoms with Crippen LogP contribution in [-0.2, 0) is 6.61 Å². The van der Waals surface area contributed by atoms with Crippen LogP contribution in [0.2, 0.25) is 10.0 Å². The van der Waals surface area contributed by atoms with Crippen molar-refractivity contribution in [3.05, 3.63) is 52.1 Å². The molecule has 0 radical (unpaired) electrons. The van der Waals surface area contributed by atoms with E-state index in [1.807, 2.05) is 18.2 Å². The minimum absolute atomic E-state index is 0.349. The number of ether oxygens (including phenoxy) is 1. The van der Waals surface area contributed by atoms with Crippen molar-refractivity contribution in [2.75, 3.05) is 11.9 Å². The minimum Gasteiger partial charge on any atom is -0.486 e. The highest BCUT2D eigenvalue weighted by Crippen LogP contribution is 2.31. The second-order valence-corrected chi connectivity index (χ2v) is 5.07. The van der Waals surface area contributed by atoms with Gasteiger partial charge in [0.15, 0.2) is 0 Å². The lowest BCUT2D eigenvalue weighted by Gasteiger charge is -2.10. The lowest BCUT2D eigenvalue weighted by atomic mass is 10.3. The Morgan fingerprint density at radius 3 is 2.75 bits per heavy atom. The van der Waals surface area contributed by atoms with E-state index in [4.69, 9.17) is 27.9 Å². The van der Waals surface area contributed by atoms with Crippen LogP contribution < -0.4 is 10.1 Å². The molecule has 0 bridgehead atoms. The van der Waals surface area contributed by atoms with Gasteiger partial charge in [0.25, 0.3) is 0 Å². The van der Waals surface area contributed by atoms with Gasteiger partial charge in [-0.2, -0.15) is 0 Å². The monoisotopic (exact) mass is 310 g/mol. The van der Waals surface area contributed by atoms with Crippen LogP contribution in [-0.4, -0.2) is 11.5 Å². The summed E-state index contributed by atoms with van der Waals surface area (Å²) >= 11 is 12.0. The smallest absolute Gasteiger partial charge is 0.140 e. The first kappa shape index (κ1) is 14.9. The Labute approximate surface area is 128 Å². The van der Waals surface area contributed by atoms with Gasteiger partial charge in [-0.3, -0.25) is 0 Å². The fourth-order valence-corrected chi connectivity index (χ4v) is 2.01. The Morgan fingerprint density at radius 2 is 1.95 bits per heavy atom. The zero-order valence-corrected chi connectivity index (χ0v) is 12.7. The van der Waals surface area contributed by atoms with Crippen LogP contribution in [0, 0.1) is 0 Å². The summed E-state index contributed by atoms with van der Waals surface area (Å²) in [6.45, 7) is 3.36. The molecule has 2 aromatic rings. The Hall–Kier alpha value is -1.45. The highest BCUT2D eigenvalue weighted by Gasteiger charge is 2.06. The van der Waals surface area contributed by atoms with Crippen molar-refractivity contribution in [3.8, 4) is 5.75 Å². The molecule has 0 amide bonds. The third-order valence-electron chi connectivity index (χ3n) is 2.65.